The van der Waals surface area contributed by atoms with Gasteiger partial charge in [-0.15, -0.1) is 0 Å². The Bertz CT molecular complexity index is 289. The van der Waals surface area contributed by atoms with Crippen LogP contribution in [-0.4, -0.2) is 23.8 Å². The van der Waals surface area contributed by atoms with Crippen LogP contribution in [0.25, 0.3) is 0 Å². The van der Waals surface area contributed by atoms with Crippen molar-refractivity contribution in [2.45, 2.75) is 78.4 Å². The van der Waals surface area contributed by atoms with Crippen molar-refractivity contribution in [1.82, 2.24) is 5.32 Å². The van der Waals surface area contributed by atoms with Crippen LogP contribution >= 0.6 is 0 Å². The topological polar surface area (TPSA) is 32.3 Å². The highest BCUT2D eigenvalue weighted by Gasteiger charge is 2.40. The summed E-state index contributed by atoms with van der Waals surface area (Å²) in [4.78, 5) is 0. The van der Waals surface area contributed by atoms with Gasteiger partial charge in [0.2, 0.25) is 0 Å². The van der Waals surface area contributed by atoms with E-state index >= 15 is 0 Å². The van der Waals surface area contributed by atoms with E-state index in [1.54, 1.807) is 0 Å². The summed E-state index contributed by atoms with van der Waals surface area (Å²) in [5.74, 6) is 2.08. The Morgan fingerprint density at radius 1 is 1.16 bits per heavy atom. The third-order valence-corrected chi connectivity index (χ3v) is 6.09. The van der Waals surface area contributed by atoms with Crippen LogP contribution in [0.2, 0.25) is 0 Å². The minimum absolute atomic E-state index is 0.0771. The largest absolute Gasteiger partial charge is 0.393 e. The molecule has 2 rings (SSSR count). The highest BCUT2D eigenvalue weighted by molar-refractivity contribution is 4.93. The molecule has 1 heterocycles. The molecule has 0 bridgehead atoms. The Hall–Kier alpha value is -0.0800. The molecule has 112 valence electrons. The Morgan fingerprint density at radius 3 is 2.53 bits per heavy atom. The molecule has 1 aliphatic heterocycles. The fraction of sp³-hybridized carbons (Fsp3) is 1.00. The van der Waals surface area contributed by atoms with Gasteiger partial charge in [-0.25, -0.2) is 0 Å². The standard InChI is InChI=1S/C17H33NO/c1-5-17(3,4)13-6-7-16(19)14(11-13)15-10-12(2)8-9-18-15/h12-16,18-19H,5-11H2,1-4H3. The van der Waals surface area contributed by atoms with Gasteiger partial charge in [-0.1, -0.05) is 34.1 Å². The molecule has 1 aliphatic carbocycles. The first-order valence-electron chi connectivity index (χ1n) is 8.35. The van der Waals surface area contributed by atoms with E-state index in [2.05, 4.69) is 33.0 Å². The molecule has 0 amide bonds. The van der Waals surface area contributed by atoms with E-state index in [-0.39, 0.29) is 6.10 Å². The number of aliphatic hydroxyl groups excluding tert-OH is 1. The molecule has 0 aromatic heterocycles. The summed E-state index contributed by atoms with van der Waals surface area (Å²) >= 11 is 0. The second kappa shape index (κ2) is 6.13. The molecule has 0 aromatic carbocycles. The minimum atomic E-state index is -0.0771. The average molecular weight is 267 g/mol. The number of aliphatic hydroxyl groups is 1. The fourth-order valence-corrected chi connectivity index (χ4v) is 4.10. The first kappa shape index (κ1) is 15.3. The molecule has 1 saturated carbocycles. The van der Waals surface area contributed by atoms with Crippen LogP contribution in [0.1, 0.15) is 66.2 Å². The lowest BCUT2D eigenvalue weighted by Gasteiger charge is -2.45. The number of piperidine rings is 1. The zero-order valence-corrected chi connectivity index (χ0v) is 13.3. The Kier molecular flexibility index (Phi) is 4.94. The van der Waals surface area contributed by atoms with Gasteiger partial charge >= 0.3 is 0 Å². The predicted molar refractivity (Wildman–Crippen MR) is 81.1 cm³/mol. The van der Waals surface area contributed by atoms with Gasteiger partial charge in [-0.3, -0.25) is 0 Å². The van der Waals surface area contributed by atoms with E-state index in [0.29, 0.717) is 17.4 Å². The van der Waals surface area contributed by atoms with Crippen molar-refractivity contribution in [3.05, 3.63) is 0 Å². The van der Waals surface area contributed by atoms with E-state index < -0.39 is 0 Å². The molecule has 2 fully saturated rings. The van der Waals surface area contributed by atoms with E-state index in [1.807, 2.05) is 0 Å². The lowest BCUT2D eigenvalue weighted by atomic mass is 9.64. The number of hydrogen-bond acceptors (Lipinski definition) is 2. The third kappa shape index (κ3) is 3.52. The number of hydrogen-bond donors (Lipinski definition) is 2. The maximum atomic E-state index is 10.4. The zero-order chi connectivity index (χ0) is 14.0. The Labute approximate surface area is 119 Å². The molecule has 2 aliphatic rings. The van der Waals surface area contributed by atoms with Gasteiger partial charge in [0.15, 0.2) is 0 Å². The fourth-order valence-electron chi connectivity index (χ4n) is 4.10. The minimum Gasteiger partial charge on any atom is -0.393 e. The Morgan fingerprint density at radius 2 is 1.89 bits per heavy atom. The average Bonchev–Trinajstić information content (AvgIpc) is 2.39. The van der Waals surface area contributed by atoms with Crippen molar-refractivity contribution in [3.8, 4) is 0 Å². The van der Waals surface area contributed by atoms with E-state index in [4.69, 9.17) is 0 Å². The molecular formula is C17H33NO. The van der Waals surface area contributed by atoms with E-state index in [1.165, 1.54) is 32.1 Å². The summed E-state index contributed by atoms with van der Waals surface area (Å²) in [5, 5.41) is 14.1. The molecular weight excluding hydrogens is 234 g/mol. The monoisotopic (exact) mass is 267 g/mol. The van der Waals surface area contributed by atoms with Gasteiger partial charge in [0.05, 0.1) is 6.10 Å². The number of rotatable bonds is 3. The van der Waals surface area contributed by atoms with Crippen LogP contribution in [0.15, 0.2) is 0 Å². The number of nitrogens with one attached hydrogen (secondary N) is 1. The van der Waals surface area contributed by atoms with Crippen molar-refractivity contribution >= 4 is 0 Å². The lowest BCUT2D eigenvalue weighted by Crippen LogP contribution is -2.49. The predicted octanol–water partition coefficient (Wildman–Crippen LogP) is 3.59. The van der Waals surface area contributed by atoms with Crippen molar-refractivity contribution in [3.63, 3.8) is 0 Å². The molecule has 1 saturated heterocycles. The zero-order valence-electron chi connectivity index (χ0n) is 13.3. The summed E-state index contributed by atoms with van der Waals surface area (Å²) in [7, 11) is 0. The normalized spacial score (nSPS) is 41.2. The van der Waals surface area contributed by atoms with Crippen molar-refractivity contribution in [2.24, 2.45) is 23.2 Å². The van der Waals surface area contributed by atoms with Crippen LogP contribution in [0, 0.1) is 23.2 Å². The van der Waals surface area contributed by atoms with Gasteiger partial charge in [-0.2, -0.15) is 0 Å². The molecule has 0 spiro atoms. The second-order valence-corrected chi connectivity index (χ2v) is 7.77. The van der Waals surface area contributed by atoms with Crippen LogP contribution in [0.3, 0.4) is 0 Å². The van der Waals surface area contributed by atoms with Crippen LogP contribution in [0.5, 0.6) is 0 Å². The lowest BCUT2D eigenvalue weighted by molar-refractivity contribution is -0.00967. The Balaban J connectivity index is 2.02. The van der Waals surface area contributed by atoms with Gasteiger partial charge < -0.3 is 10.4 Å². The van der Waals surface area contributed by atoms with Crippen molar-refractivity contribution in [1.29, 1.82) is 0 Å². The summed E-state index contributed by atoms with van der Waals surface area (Å²) in [6.45, 7) is 10.6. The smallest absolute Gasteiger partial charge is 0.0583 e. The highest BCUT2D eigenvalue weighted by atomic mass is 16.3. The van der Waals surface area contributed by atoms with Crippen LogP contribution < -0.4 is 5.32 Å². The highest BCUT2D eigenvalue weighted by Crippen LogP contribution is 2.44. The summed E-state index contributed by atoms with van der Waals surface area (Å²) < 4.78 is 0. The summed E-state index contributed by atoms with van der Waals surface area (Å²) in [6, 6.07) is 0.550. The van der Waals surface area contributed by atoms with Crippen LogP contribution in [-0.2, 0) is 0 Å². The summed E-state index contributed by atoms with van der Waals surface area (Å²) in [5.41, 5.74) is 0.429. The molecule has 2 nitrogen and oxygen atoms in total. The molecule has 0 radical (unpaired) electrons. The van der Waals surface area contributed by atoms with Gasteiger partial charge in [0.1, 0.15) is 0 Å². The molecule has 5 atom stereocenters. The molecule has 2 N–H and O–H groups in total. The van der Waals surface area contributed by atoms with Crippen molar-refractivity contribution < 1.29 is 5.11 Å². The molecule has 2 heteroatoms. The SMILES string of the molecule is CCC(C)(C)C1CCC(O)C(C2CC(C)CCN2)C1. The van der Waals surface area contributed by atoms with E-state index in [9.17, 15) is 5.11 Å². The first-order chi connectivity index (χ1) is 8.94. The maximum Gasteiger partial charge on any atom is 0.0583 e. The third-order valence-electron chi connectivity index (χ3n) is 6.09. The maximum absolute atomic E-state index is 10.4. The van der Waals surface area contributed by atoms with E-state index in [0.717, 1.165) is 24.8 Å². The van der Waals surface area contributed by atoms with Crippen LogP contribution in [0.4, 0.5) is 0 Å². The quantitative estimate of drug-likeness (QED) is 0.819. The summed E-state index contributed by atoms with van der Waals surface area (Å²) in [6.07, 6.45) is 7.14. The second-order valence-electron chi connectivity index (χ2n) is 7.77. The van der Waals surface area contributed by atoms with Gasteiger partial charge in [0, 0.05) is 12.0 Å². The molecule has 0 aromatic rings. The molecule has 19 heavy (non-hydrogen) atoms. The van der Waals surface area contributed by atoms with Gasteiger partial charge in [-0.05, 0) is 55.9 Å². The first-order valence-corrected chi connectivity index (χ1v) is 8.35. The van der Waals surface area contributed by atoms with Crippen molar-refractivity contribution in [2.75, 3.05) is 6.54 Å². The van der Waals surface area contributed by atoms with Gasteiger partial charge in [0.25, 0.3) is 0 Å². The molecule has 5 unspecified atom stereocenters.